The molecule has 0 spiro atoms. The predicted octanol–water partition coefficient (Wildman–Crippen LogP) is 2.79. The van der Waals surface area contributed by atoms with E-state index < -0.39 is 10.0 Å². The van der Waals surface area contributed by atoms with E-state index in [2.05, 4.69) is 15.3 Å². The molecular weight excluding hydrogens is 424 g/mol. The van der Waals surface area contributed by atoms with Crippen molar-refractivity contribution in [3.05, 3.63) is 45.9 Å². The fourth-order valence-electron chi connectivity index (χ4n) is 2.87. The Hall–Kier alpha value is -2.17. The number of anilines is 1. The van der Waals surface area contributed by atoms with Crippen molar-refractivity contribution >= 4 is 33.4 Å². The maximum absolute atomic E-state index is 12.7. The van der Waals surface area contributed by atoms with Gasteiger partial charge in [-0.2, -0.15) is 4.31 Å². The quantitative estimate of drug-likeness (QED) is 0.423. The highest BCUT2D eigenvalue weighted by molar-refractivity contribution is 7.99. The Morgan fingerprint density at radius 2 is 1.90 bits per heavy atom. The van der Waals surface area contributed by atoms with Crippen LogP contribution in [-0.4, -0.2) is 47.4 Å². The molecule has 1 aromatic carbocycles. The molecule has 0 bridgehead atoms. The number of aromatic nitrogens is 2. The van der Waals surface area contributed by atoms with E-state index in [0.717, 1.165) is 23.7 Å². The molecule has 1 amide bonds. The smallest absolute Gasteiger partial charge is 0.251 e. The summed E-state index contributed by atoms with van der Waals surface area (Å²) in [4.78, 5) is 31.3. The Kier molecular flexibility index (Phi) is 8.63. The third-order valence-corrected chi connectivity index (χ3v) is 7.36. The number of hydrogen-bond acceptors (Lipinski definition) is 6. The average molecular weight is 453 g/mol. The second kappa shape index (κ2) is 10.7. The molecule has 0 fully saturated rings. The minimum Gasteiger partial charge on any atom is -0.325 e. The second-order valence-electron chi connectivity index (χ2n) is 6.69. The highest BCUT2D eigenvalue weighted by Crippen LogP contribution is 2.23. The van der Waals surface area contributed by atoms with Crippen molar-refractivity contribution in [2.24, 2.45) is 0 Å². The van der Waals surface area contributed by atoms with Gasteiger partial charge < -0.3 is 10.3 Å². The van der Waals surface area contributed by atoms with Gasteiger partial charge >= 0.3 is 0 Å². The highest BCUT2D eigenvalue weighted by Gasteiger charge is 2.22. The van der Waals surface area contributed by atoms with E-state index in [1.165, 1.54) is 16.4 Å². The Morgan fingerprint density at radius 1 is 1.20 bits per heavy atom. The number of thioether (sulfide) groups is 1. The number of nitrogens with one attached hydrogen (secondary N) is 2. The molecule has 30 heavy (non-hydrogen) atoms. The molecule has 0 aliphatic rings. The van der Waals surface area contributed by atoms with E-state index in [4.69, 9.17) is 0 Å². The maximum Gasteiger partial charge on any atom is 0.251 e. The van der Waals surface area contributed by atoms with Gasteiger partial charge in [0.05, 0.1) is 10.6 Å². The lowest BCUT2D eigenvalue weighted by Gasteiger charge is -2.19. The lowest BCUT2D eigenvalue weighted by molar-refractivity contribution is -0.113. The van der Waals surface area contributed by atoms with Gasteiger partial charge in [0.2, 0.25) is 15.9 Å². The summed E-state index contributed by atoms with van der Waals surface area (Å²) in [7, 11) is -3.62. The van der Waals surface area contributed by atoms with Crippen LogP contribution >= 0.6 is 11.8 Å². The predicted molar refractivity (Wildman–Crippen MR) is 119 cm³/mol. The van der Waals surface area contributed by atoms with Gasteiger partial charge in [-0.15, -0.1) is 0 Å². The Morgan fingerprint density at radius 3 is 2.53 bits per heavy atom. The van der Waals surface area contributed by atoms with Crippen LogP contribution in [0.15, 0.2) is 39.1 Å². The minimum atomic E-state index is -3.62. The van der Waals surface area contributed by atoms with E-state index >= 15 is 0 Å². The molecule has 1 aromatic heterocycles. The van der Waals surface area contributed by atoms with E-state index in [9.17, 15) is 18.0 Å². The number of aromatic amines is 1. The molecule has 2 N–H and O–H groups in total. The Labute approximate surface area is 181 Å². The number of amides is 1. The van der Waals surface area contributed by atoms with Crippen LogP contribution in [0.4, 0.5) is 5.69 Å². The third-order valence-electron chi connectivity index (χ3n) is 4.45. The zero-order valence-electron chi connectivity index (χ0n) is 17.7. The molecule has 8 nitrogen and oxygen atoms in total. The van der Waals surface area contributed by atoms with Crippen LogP contribution in [0.25, 0.3) is 0 Å². The number of hydrogen-bond donors (Lipinski definition) is 2. The second-order valence-corrected chi connectivity index (χ2v) is 9.60. The zero-order valence-corrected chi connectivity index (χ0v) is 19.3. The first-order valence-electron chi connectivity index (χ1n) is 9.84. The van der Waals surface area contributed by atoms with Crippen molar-refractivity contribution in [2.45, 2.75) is 50.6 Å². The van der Waals surface area contributed by atoms with Gasteiger partial charge in [0.1, 0.15) is 0 Å². The number of carbonyl (C=O) groups is 1. The fraction of sp³-hybridized carbons (Fsp3) is 0.450. The third kappa shape index (κ3) is 6.16. The lowest BCUT2D eigenvalue weighted by Crippen LogP contribution is -2.30. The highest BCUT2D eigenvalue weighted by atomic mass is 32.2. The van der Waals surface area contributed by atoms with Crippen LogP contribution in [-0.2, 0) is 21.2 Å². The van der Waals surface area contributed by atoms with E-state index in [1.54, 1.807) is 32.9 Å². The molecule has 0 aliphatic heterocycles. The lowest BCUT2D eigenvalue weighted by atomic mass is 10.2. The van der Waals surface area contributed by atoms with Crippen LogP contribution in [0.3, 0.4) is 0 Å². The summed E-state index contributed by atoms with van der Waals surface area (Å²) >= 11 is 1.12. The largest absolute Gasteiger partial charge is 0.325 e. The first-order valence-corrected chi connectivity index (χ1v) is 12.3. The van der Waals surface area contributed by atoms with Crippen molar-refractivity contribution in [3.8, 4) is 0 Å². The molecule has 0 radical (unpaired) electrons. The molecule has 10 heteroatoms. The Balaban J connectivity index is 2.13. The summed E-state index contributed by atoms with van der Waals surface area (Å²) < 4.78 is 26.8. The number of benzene rings is 1. The van der Waals surface area contributed by atoms with Crippen LogP contribution < -0.4 is 10.9 Å². The average Bonchev–Trinajstić information content (AvgIpc) is 2.68. The monoisotopic (exact) mass is 452 g/mol. The van der Waals surface area contributed by atoms with Crippen molar-refractivity contribution in [3.63, 3.8) is 0 Å². The number of H-pyrrole nitrogens is 1. The molecule has 0 unspecified atom stereocenters. The number of sulfonamides is 1. The van der Waals surface area contributed by atoms with Gasteiger partial charge in [0.25, 0.3) is 5.56 Å². The summed E-state index contributed by atoms with van der Waals surface area (Å²) in [6.07, 6.45) is 1.56. The molecule has 2 aromatic rings. The van der Waals surface area contributed by atoms with Gasteiger partial charge in [0, 0.05) is 30.5 Å². The summed E-state index contributed by atoms with van der Waals surface area (Å²) in [5, 5.41) is 3.14. The first kappa shape index (κ1) is 24.1. The summed E-state index contributed by atoms with van der Waals surface area (Å²) in [5.74, 6) is -0.283. The van der Waals surface area contributed by atoms with Gasteiger partial charge in [0.15, 0.2) is 5.16 Å². The topological polar surface area (TPSA) is 112 Å². The summed E-state index contributed by atoms with van der Waals surface area (Å²) in [5.41, 5.74) is 1.63. The van der Waals surface area contributed by atoms with Crippen molar-refractivity contribution in [1.29, 1.82) is 0 Å². The van der Waals surface area contributed by atoms with Crippen molar-refractivity contribution < 1.29 is 13.2 Å². The van der Waals surface area contributed by atoms with Gasteiger partial charge in [-0.1, -0.05) is 45.0 Å². The molecule has 1 heterocycles. The number of rotatable bonds is 10. The van der Waals surface area contributed by atoms with Crippen LogP contribution in [0.2, 0.25) is 0 Å². The molecule has 0 saturated carbocycles. The summed E-state index contributed by atoms with van der Waals surface area (Å²) in [6, 6.07) is 6.15. The van der Waals surface area contributed by atoms with Crippen LogP contribution in [0.5, 0.6) is 0 Å². The molecule has 0 atom stereocenters. The number of carbonyl (C=O) groups excluding carboxylic acids is 1. The molecule has 2 rings (SSSR count). The SMILES string of the molecule is CCCc1cc(=O)[nH]c(SCC(=O)Nc2cc(S(=O)(=O)N(CC)CC)ccc2C)n1. The van der Waals surface area contributed by atoms with Gasteiger partial charge in [-0.05, 0) is 31.0 Å². The van der Waals surface area contributed by atoms with Crippen molar-refractivity contribution in [2.75, 3.05) is 24.2 Å². The van der Waals surface area contributed by atoms with E-state index in [-0.39, 0.29) is 22.1 Å². The first-order chi connectivity index (χ1) is 14.2. The molecule has 0 saturated heterocycles. The fourth-order valence-corrected chi connectivity index (χ4v) is 5.04. The van der Waals surface area contributed by atoms with Crippen LogP contribution in [0.1, 0.15) is 38.4 Å². The molecular formula is C20H28N4O4S2. The van der Waals surface area contributed by atoms with Gasteiger partial charge in [-0.3, -0.25) is 9.59 Å². The Bertz CT molecular complexity index is 1050. The molecule has 0 aliphatic carbocycles. The normalized spacial score (nSPS) is 11.6. The minimum absolute atomic E-state index is 0.0327. The van der Waals surface area contributed by atoms with Gasteiger partial charge in [-0.25, -0.2) is 13.4 Å². The zero-order chi connectivity index (χ0) is 22.3. The standard InChI is InChI=1S/C20H28N4O4S2/c1-5-8-15-11-18(25)23-20(21-15)29-13-19(26)22-17-12-16(10-9-14(17)4)30(27,28)24(6-2)7-3/h9-12H,5-8,13H2,1-4H3,(H,22,26)(H,21,23,25). The van der Waals surface area contributed by atoms with Crippen LogP contribution in [0, 0.1) is 6.92 Å². The van der Waals surface area contributed by atoms with E-state index in [1.807, 2.05) is 6.92 Å². The summed E-state index contributed by atoms with van der Waals surface area (Å²) in [6.45, 7) is 8.09. The van der Waals surface area contributed by atoms with E-state index in [0.29, 0.717) is 36.0 Å². The van der Waals surface area contributed by atoms with Crippen molar-refractivity contribution in [1.82, 2.24) is 14.3 Å². The maximum atomic E-state index is 12.7. The number of nitrogens with zero attached hydrogens (tertiary/aromatic N) is 2. The number of aryl methyl sites for hydroxylation is 2. The molecule has 164 valence electrons.